The highest BCUT2D eigenvalue weighted by atomic mass is 16.2. The van der Waals surface area contributed by atoms with E-state index in [2.05, 4.69) is 10.6 Å². The van der Waals surface area contributed by atoms with Crippen molar-refractivity contribution in [2.75, 3.05) is 13.1 Å². The molecule has 1 aliphatic carbocycles. The first kappa shape index (κ1) is 15.8. The molecule has 0 aromatic carbocycles. The van der Waals surface area contributed by atoms with Crippen molar-refractivity contribution in [3.05, 3.63) is 0 Å². The number of amides is 4. The second-order valence-electron chi connectivity index (χ2n) is 6.34. The number of rotatable bonds is 7. The van der Waals surface area contributed by atoms with Crippen LogP contribution >= 0.6 is 0 Å². The number of hydrogen-bond donors (Lipinski definition) is 2. The minimum absolute atomic E-state index is 0.0742. The van der Waals surface area contributed by atoms with E-state index in [0.717, 1.165) is 12.8 Å². The summed E-state index contributed by atoms with van der Waals surface area (Å²) in [5.41, 5.74) is -0.777. The molecule has 1 saturated heterocycles. The highest BCUT2D eigenvalue weighted by Crippen LogP contribution is 2.36. The van der Waals surface area contributed by atoms with E-state index in [1.807, 2.05) is 13.8 Å². The average Bonchev–Trinajstić information content (AvgIpc) is 3.26. The Morgan fingerprint density at radius 1 is 1.48 bits per heavy atom. The normalized spacial score (nSPS) is 26.7. The van der Waals surface area contributed by atoms with Gasteiger partial charge in [0.25, 0.3) is 5.91 Å². The van der Waals surface area contributed by atoms with Gasteiger partial charge in [-0.3, -0.25) is 14.5 Å². The molecule has 0 spiro atoms. The number of hydrogen-bond acceptors (Lipinski definition) is 3. The molecule has 1 aliphatic heterocycles. The van der Waals surface area contributed by atoms with Crippen LogP contribution in [-0.4, -0.2) is 41.4 Å². The fourth-order valence-corrected chi connectivity index (χ4v) is 2.61. The number of urea groups is 1. The van der Waals surface area contributed by atoms with Gasteiger partial charge < -0.3 is 10.6 Å². The molecule has 21 heavy (non-hydrogen) atoms. The summed E-state index contributed by atoms with van der Waals surface area (Å²) >= 11 is 0. The molecule has 2 rings (SSSR count). The first-order valence-electron chi connectivity index (χ1n) is 7.81. The minimum atomic E-state index is -0.777. The van der Waals surface area contributed by atoms with Gasteiger partial charge in [-0.15, -0.1) is 0 Å². The van der Waals surface area contributed by atoms with Crippen LogP contribution in [0.5, 0.6) is 0 Å². The van der Waals surface area contributed by atoms with Gasteiger partial charge in [0, 0.05) is 19.0 Å². The highest BCUT2D eigenvalue weighted by molar-refractivity contribution is 6.06. The third kappa shape index (κ3) is 3.36. The van der Waals surface area contributed by atoms with E-state index in [-0.39, 0.29) is 23.8 Å². The van der Waals surface area contributed by atoms with Crippen LogP contribution in [0.25, 0.3) is 0 Å². The van der Waals surface area contributed by atoms with Crippen molar-refractivity contribution < 1.29 is 14.4 Å². The van der Waals surface area contributed by atoms with Gasteiger partial charge in [0.15, 0.2) is 0 Å². The van der Waals surface area contributed by atoms with Gasteiger partial charge in [0.05, 0.1) is 0 Å². The third-order valence-electron chi connectivity index (χ3n) is 4.65. The summed E-state index contributed by atoms with van der Waals surface area (Å²) in [5, 5.41) is 5.60. The lowest BCUT2D eigenvalue weighted by Crippen LogP contribution is -2.43. The molecule has 0 bridgehead atoms. The van der Waals surface area contributed by atoms with E-state index < -0.39 is 5.54 Å². The molecule has 0 radical (unpaired) electrons. The van der Waals surface area contributed by atoms with Crippen LogP contribution in [0.3, 0.4) is 0 Å². The van der Waals surface area contributed by atoms with Gasteiger partial charge in [0.2, 0.25) is 5.91 Å². The topological polar surface area (TPSA) is 78.5 Å². The molecule has 1 heterocycles. The number of nitrogens with one attached hydrogen (secondary N) is 2. The highest BCUT2D eigenvalue weighted by Gasteiger charge is 2.45. The Hall–Kier alpha value is -1.59. The Labute approximate surface area is 125 Å². The maximum Gasteiger partial charge on any atom is 0.325 e. The zero-order valence-corrected chi connectivity index (χ0v) is 13.1. The van der Waals surface area contributed by atoms with E-state index in [1.165, 1.54) is 4.90 Å². The molecule has 0 aromatic heterocycles. The third-order valence-corrected chi connectivity index (χ3v) is 4.65. The molecule has 2 aliphatic rings. The molecule has 6 heteroatoms. The summed E-state index contributed by atoms with van der Waals surface area (Å²) < 4.78 is 0. The molecule has 4 amide bonds. The van der Waals surface area contributed by atoms with Crippen LogP contribution in [0.15, 0.2) is 0 Å². The molecule has 6 nitrogen and oxygen atoms in total. The van der Waals surface area contributed by atoms with Crippen LogP contribution in [0.1, 0.15) is 46.5 Å². The second kappa shape index (κ2) is 6.03. The van der Waals surface area contributed by atoms with Crippen molar-refractivity contribution in [2.24, 2.45) is 11.8 Å². The van der Waals surface area contributed by atoms with Crippen molar-refractivity contribution in [2.45, 2.75) is 52.0 Å². The molecule has 0 aromatic rings. The molecule has 2 fully saturated rings. The standard InChI is InChI=1S/C15H25N3O3/c1-4-15(3)13(20)18(14(21)17-15)9-5-8-16-12(19)10(2)11-6-7-11/h10-11H,4-9H2,1-3H3,(H,16,19)(H,17,21)/t10-,15+/m1/s1. The monoisotopic (exact) mass is 295 g/mol. The molecular formula is C15H25N3O3. The lowest BCUT2D eigenvalue weighted by atomic mass is 9.99. The maximum absolute atomic E-state index is 12.2. The lowest BCUT2D eigenvalue weighted by Gasteiger charge is -2.19. The van der Waals surface area contributed by atoms with Crippen molar-refractivity contribution in [1.29, 1.82) is 0 Å². The lowest BCUT2D eigenvalue weighted by molar-refractivity contribution is -0.130. The molecule has 2 atom stereocenters. The fourth-order valence-electron chi connectivity index (χ4n) is 2.61. The Morgan fingerprint density at radius 2 is 2.14 bits per heavy atom. The quantitative estimate of drug-likeness (QED) is 0.548. The Bertz CT molecular complexity index is 447. The van der Waals surface area contributed by atoms with Gasteiger partial charge in [-0.1, -0.05) is 13.8 Å². The average molecular weight is 295 g/mol. The van der Waals surface area contributed by atoms with E-state index in [4.69, 9.17) is 0 Å². The van der Waals surface area contributed by atoms with Crippen molar-refractivity contribution >= 4 is 17.8 Å². The van der Waals surface area contributed by atoms with Gasteiger partial charge in [-0.05, 0) is 38.5 Å². The first-order chi connectivity index (χ1) is 9.89. The Balaban J connectivity index is 1.72. The SMILES string of the molecule is CC[C@]1(C)NC(=O)N(CCCNC(=O)[C@H](C)C2CC2)C1=O. The predicted molar refractivity (Wildman–Crippen MR) is 78.5 cm³/mol. The molecule has 2 N–H and O–H groups in total. The van der Waals surface area contributed by atoms with Crippen molar-refractivity contribution in [1.82, 2.24) is 15.5 Å². The van der Waals surface area contributed by atoms with Crippen LogP contribution < -0.4 is 10.6 Å². The van der Waals surface area contributed by atoms with Gasteiger partial charge >= 0.3 is 6.03 Å². The zero-order valence-electron chi connectivity index (χ0n) is 13.1. The minimum Gasteiger partial charge on any atom is -0.356 e. The summed E-state index contributed by atoms with van der Waals surface area (Å²) in [6, 6.07) is -0.331. The van der Waals surface area contributed by atoms with Gasteiger partial charge in [-0.2, -0.15) is 0 Å². The van der Waals surface area contributed by atoms with E-state index in [1.54, 1.807) is 6.92 Å². The largest absolute Gasteiger partial charge is 0.356 e. The van der Waals surface area contributed by atoms with E-state index >= 15 is 0 Å². The number of imide groups is 1. The van der Waals surface area contributed by atoms with E-state index in [9.17, 15) is 14.4 Å². The molecule has 118 valence electrons. The van der Waals surface area contributed by atoms with Crippen molar-refractivity contribution in [3.63, 3.8) is 0 Å². The molecular weight excluding hydrogens is 270 g/mol. The Kier molecular flexibility index (Phi) is 4.54. The summed E-state index contributed by atoms with van der Waals surface area (Å²) in [5.74, 6) is 0.520. The van der Waals surface area contributed by atoms with Crippen molar-refractivity contribution in [3.8, 4) is 0 Å². The van der Waals surface area contributed by atoms with Crippen LogP contribution in [0, 0.1) is 11.8 Å². The first-order valence-corrected chi connectivity index (χ1v) is 7.81. The maximum atomic E-state index is 12.2. The smallest absolute Gasteiger partial charge is 0.325 e. The molecule has 0 unspecified atom stereocenters. The zero-order chi connectivity index (χ0) is 15.6. The van der Waals surface area contributed by atoms with E-state index in [0.29, 0.717) is 31.8 Å². The number of carbonyl (C=O) groups is 3. The second-order valence-corrected chi connectivity index (χ2v) is 6.34. The van der Waals surface area contributed by atoms with Gasteiger partial charge in [0.1, 0.15) is 5.54 Å². The fraction of sp³-hybridized carbons (Fsp3) is 0.800. The summed E-state index contributed by atoms with van der Waals surface area (Å²) in [6.07, 6.45) is 3.45. The predicted octanol–water partition coefficient (Wildman–Crippen LogP) is 1.26. The van der Waals surface area contributed by atoms with Gasteiger partial charge in [-0.25, -0.2) is 4.79 Å². The van der Waals surface area contributed by atoms with Crippen LogP contribution in [0.2, 0.25) is 0 Å². The number of nitrogens with zero attached hydrogens (tertiary/aromatic N) is 1. The summed E-state index contributed by atoms with van der Waals surface area (Å²) in [7, 11) is 0. The summed E-state index contributed by atoms with van der Waals surface area (Å²) in [4.78, 5) is 37.0. The van der Waals surface area contributed by atoms with Crippen LogP contribution in [0.4, 0.5) is 4.79 Å². The number of carbonyl (C=O) groups excluding carboxylic acids is 3. The molecule has 1 saturated carbocycles. The Morgan fingerprint density at radius 3 is 2.67 bits per heavy atom. The summed E-state index contributed by atoms with van der Waals surface area (Å²) in [6.45, 7) is 6.42. The van der Waals surface area contributed by atoms with Crippen LogP contribution in [-0.2, 0) is 9.59 Å².